The van der Waals surface area contributed by atoms with Crippen LogP contribution in [-0.4, -0.2) is 30.2 Å². The van der Waals surface area contributed by atoms with Gasteiger partial charge in [0.15, 0.2) is 0 Å². The molecule has 29 heavy (non-hydrogen) atoms. The van der Waals surface area contributed by atoms with Crippen LogP contribution < -0.4 is 20.3 Å². The van der Waals surface area contributed by atoms with Gasteiger partial charge in [-0.3, -0.25) is 0 Å². The molecule has 6 nitrogen and oxygen atoms in total. The largest absolute Gasteiger partial charge is 0.495 e. The molecule has 0 aliphatic carbocycles. The molecule has 0 saturated carbocycles. The van der Waals surface area contributed by atoms with Gasteiger partial charge >= 0.3 is 0 Å². The number of nitrogens with zero attached hydrogens (tertiary/aromatic N) is 3. The van der Waals surface area contributed by atoms with Crippen LogP contribution in [0.4, 0.5) is 28.8 Å². The second-order valence-electron chi connectivity index (χ2n) is 6.89. The van der Waals surface area contributed by atoms with Gasteiger partial charge in [0.2, 0.25) is 5.95 Å². The van der Waals surface area contributed by atoms with Crippen LogP contribution in [-0.2, 0) is 0 Å². The van der Waals surface area contributed by atoms with E-state index in [4.69, 9.17) is 4.74 Å². The third-order valence-electron chi connectivity index (χ3n) is 4.86. The summed E-state index contributed by atoms with van der Waals surface area (Å²) in [5, 5.41) is 6.65. The lowest BCUT2D eigenvalue weighted by Gasteiger charge is -2.22. The molecule has 1 aromatic heterocycles. The van der Waals surface area contributed by atoms with Crippen molar-refractivity contribution in [3.8, 4) is 5.75 Å². The van der Waals surface area contributed by atoms with Gasteiger partial charge in [-0.05, 0) is 75.2 Å². The zero-order valence-corrected chi connectivity index (χ0v) is 17.8. The molecule has 3 rings (SSSR count). The van der Waals surface area contributed by atoms with E-state index in [-0.39, 0.29) is 0 Å². The highest BCUT2D eigenvalue weighted by atomic mass is 16.5. The predicted molar refractivity (Wildman–Crippen MR) is 121 cm³/mol. The van der Waals surface area contributed by atoms with Gasteiger partial charge in [-0.25, -0.2) is 4.98 Å². The minimum absolute atomic E-state index is 0.510. The molecule has 0 aliphatic heterocycles. The molecule has 0 spiro atoms. The highest BCUT2D eigenvalue weighted by molar-refractivity contribution is 5.67. The number of benzene rings is 2. The Morgan fingerprint density at radius 1 is 0.931 bits per heavy atom. The van der Waals surface area contributed by atoms with E-state index < -0.39 is 0 Å². The molecule has 152 valence electrons. The number of aryl methyl sites for hydroxylation is 2. The van der Waals surface area contributed by atoms with Gasteiger partial charge in [-0.1, -0.05) is 6.07 Å². The number of nitrogens with one attached hydrogen (secondary N) is 2. The van der Waals surface area contributed by atoms with Crippen molar-refractivity contribution in [1.29, 1.82) is 0 Å². The first kappa shape index (κ1) is 20.5. The number of aromatic nitrogens is 2. The van der Waals surface area contributed by atoms with Crippen molar-refractivity contribution in [1.82, 2.24) is 9.97 Å². The highest BCUT2D eigenvalue weighted by Crippen LogP contribution is 2.28. The van der Waals surface area contributed by atoms with Crippen LogP contribution in [0.5, 0.6) is 5.75 Å². The molecule has 0 saturated heterocycles. The van der Waals surface area contributed by atoms with Crippen LogP contribution in [0, 0.1) is 13.8 Å². The van der Waals surface area contributed by atoms with Gasteiger partial charge in [-0.2, -0.15) is 4.98 Å². The first-order chi connectivity index (χ1) is 14.0. The molecule has 2 aromatic carbocycles. The Morgan fingerprint density at radius 2 is 1.72 bits per heavy atom. The van der Waals surface area contributed by atoms with E-state index in [0.717, 1.165) is 41.6 Å². The summed E-state index contributed by atoms with van der Waals surface area (Å²) in [4.78, 5) is 11.3. The van der Waals surface area contributed by atoms with Gasteiger partial charge in [-0.15, -0.1) is 0 Å². The van der Waals surface area contributed by atoms with Crippen LogP contribution >= 0.6 is 0 Å². The number of hydrogen-bond acceptors (Lipinski definition) is 6. The summed E-state index contributed by atoms with van der Waals surface area (Å²) in [6.07, 6.45) is 1.74. The van der Waals surface area contributed by atoms with E-state index in [9.17, 15) is 0 Å². The summed E-state index contributed by atoms with van der Waals surface area (Å²) < 4.78 is 5.43. The van der Waals surface area contributed by atoms with Gasteiger partial charge in [0.25, 0.3) is 0 Å². The minimum Gasteiger partial charge on any atom is -0.495 e. The molecule has 0 bridgehead atoms. The SMILES string of the molecule is CCN(CC)c1ccc(Nc2ccnc(Nc3cc(C)ccc3OC)n2)c(C)c1. The van der Waals surface area contributed by atoms with Crippen LogP contribution in [0.3, 0.4) is 0 Å². The average molecular weight is 392 g/mol. The van der Waals surface area contributed by atoms with Crippen molar-refractivity contribution < 1.29 is 4.74 Å². The fourth-order valence-electron chi connectivity index (χ4n) is 3.24. The first-order valence-electron chi connectivity index (χ1n) is 9.91. The van der Waals surface area contributed by atoms with Crippen molar-refractivity contribution in [3.05, 3.63) is 59.8 Å². The van der Waals surface area contributed by atoms with E-state index >= 15 is 0 Å². The van der Waals surface area contributed by atoms with Crippen molar-refractivity contribution in [3.63, 3.8) is 0 Å². The maximum atomic E-state index is 5.43. The normalized spacial score (nSPS) is 10.5. The monoisotopic (exact) mass is 391 g/mol. The molecule has 0 fully saturated rings. The lowest BCUT2D eigenvalue weighted by atomic mass is 10.1. The summed E-state index contributed by atoms with van der Waals surface area (Å²) in [6.45, 7) is 10.5. The minimum atomic E-state index is 0.510. The Balaban J connectivity index is 1.79. The molecule has 2 N–H and O–H groups in total. The Morgan fingerprint density at radius 3 is 2.41 bits per heavy atom. The Kier molecular flexibility index (Phi) is 6.54. The van der Waals surface area contributed by atoms with Gasteiger partial charge in [0.1, 0.15) is 11.6 Å². The van der Waals surface area contributed by atoms with Gasteiger partial charge in [0.05, 0.1) is 12.8 Å². The summed E-state index contributed by atoms with van der Waals surface area (Å²) in [7, 11) is 1.65. The Labute approximate surface area is 173 Å². The summed E-state index contributed by atoms with van der Waals surface area (Å²) >= 11 is 0. The van der Waals surface area contributed by atoms with E-state index in [2.05, 4.69) is 64.5 Å². The molecule has 0 unspecified atom stereocenters. The maximum absolute atomic E-state index is 5.43. The highest BCUT2D eigenvalue weighted by Gasteiger charge is 2.08. The molecular formula is C23H29N5O. The van der Waals surface area contributed by atoms with Crippen molar-refractivity contribution in [2.45, 2.75) is 27.7 Å². The van der Waals surface area contributed by atoms with Crippen molar-refractivity contribution in [2.75, 3.05) is 35.7 Å². The topological polar surface area (TPSA) is 62.3 Å². The molecule has 0 radical (unpaired) electrons. The van der Waals surface area contributed by atoms with Crippen molar-refractivity contribution in [2.24, 2.45) is 0 Å². The second kappa shape index (κ2) is 9.28. The summed E-state index contributed by atoms with van der Waals surface area (Å²) in [5.41, 5.74) is 5.40. The van der Waals surface area contributed by atoms with Gasteiger partial charge in [0, 0.05) is 30.7 Å². The molecular weight excluding hydrogens is 362 g/mol. The molecule has 0 aliphatic rings. The standard InChI is InChI=1S/C23H29N5O/c1-6-28(7-2)18-9-10-19(17(4)15-18)25-22-12-13-24-23(27-22)26-20-14-16(3)8-11-21(20)29-5/h8-15H,6-7H2,1-5H3,(H2,24,25,26,27). The quantitative estimate of drug-likeness (QED) is 0.533. The van der Waals surface area contributed by atoms with Crippen LogP contribution in [0.15, 0.2) is 48.7 Å². The summed E-state index contributed by atoms with van der Waals surface area (Å²) in [6, 6.07) is 14.2. The fourth-order valence-corrected chi connectivity index (χ4v) is 3.24. The Bertz CT molecular complexity index is 969. The Hall–Kier alpha value is -3.28. The lowest BCUT2D eigenvalue weighted by Crippen LogP contribution is -2.21. The van der Waals surface area contributed by atoms with Crippen LogP contribution in [0.25, 0.3) is 0 Å². The number of anilines is 5. The van der Waals surface area contributed by atoms with E-state index in [1.165, 1.54) is 11.3 Å². The molecule has 0 amide bonds. The lowest BCUT2D eigenvalue weighted by molar-refractivity contribution is 0.416. The third-order valence-corrected chi connectivity index (χ3v) is 4.86. The molecule has 6 heteroatoms. The number of rotatable bonds is 8. The van der Waals surface area contributed by atoms with Crippen LogP contribution in [0.2, 0.25) is 0 Å². The summed E-state index contributed by atoms with van der Waals surface area (Å²) in [5.74, 6) is 1.99. The van der Waals surface area contributed by atoms with E-state index in [1.54, 1.807) is 13.3 Å². The smallest absolute Gasteiger partial charge is 0.229 e. The first-order valence-corrected chi connectivity index (χ1v) is 9.91. The zero-order chi connectivity index (χ0) is 20.8. The van der Waals surface area contributed by atoms with Crippen molar-refractivity contribution >= 4 is 28.8 Å². The molecule has 0 atom stereocenters. The number of hydrogen-bond donors (Lipinski definition) is 2. The third kappa shape index (κ3) is 4.96. The predicted octanol–water partition coefficient (Wildman–Crippen LogP) is 5.44. The van der Waals surface area contributed by atoms with E-state index in [0.29, 0.717) is 5.95 Å². The van der Waals surface area contributed by atoms with Gasteiger partial charge < -0.3 is 20.3 Å². The fraction of sp³-hybridized carbons (Fsp3) is 0.304. The zero-order valence-electron chi connectivity index (χ0n) is 17.8. The molecule has 3 aromatic rings. The van der Waals surface area contributed by atoms with Crippen LogP contribution in [0.1, 0.15) is 25.0 Å². The molecule has 1 heterocycles. The number of ether oxygens (including phenoxy) is 1. The maximum Gasteiger partial charge on any atom is 0.229 e. The second-order valence-corrected chi connectivity index (χ2v) is 6.89. The van der Waals surface area contributed by atoms with E-state index in [1.807, 2.05) is 31.2 Å². The number of methoxy groups -OCH3 is 1. The average Bonchev–Trinajstić information content (AvgIpc) is 2.71.